The molecule has 1 aromatic carbocycles. The number of hydrogen-bond acceptors (Lipinski definition) is 5. The van der Waals surface area contributed by atoms with Crippen LogP contribution in [-0.2, 0) is 15.7 Å². The van der Waals surface area contributed by atoms with E-state index in [1.54, 1.807) is 14.0 Å². The zero-order valence-corrected chi connectivity index (χ0v) is 22.3. The summed E-state index contributed by atoms with van der Waals surface area (Å²) in [5, 5.41) is 6.56. The van der Waals surface area contributed by atoms with Crippen molar-refractivity contribution in [3.8, 4) is 0 Å². The van der Waals surface area contributed by atoms with Crippen LogP contribution >= 0.6 is 11.6 Å². The third-order valence-electron chi connectivity index (χ3n) is 6.27. The van der Waals surface area contributed by atoms with E-state index in [9.17, 15) is 27.2 Å². The maximum Gasteiger partial charge on any atom is 0.433 e. The number of carbonyl (C=O) groups excluding carboxylic acids is 2. The van der Waals surface area contributed by atoms with E-state index in [4.69, 9.17) is 16.3 Å². The Morgan fingerprint density at radius 2 is 2.05 bits per heavy atom. The average molecular weight is 570 g/mol. The summed E-state index contributed by atoms with van der Waals surface area (Å²) < 4.78 is 61.0. The molecule has 1 N–H and O–H groups in total. The fourth-order valence-corrected chi connectivity index (χ4v) is 4.45. The normalized spacial score (nSPS) is 13.1. The number of pyridine rings is 1. The molecule has 0 spiro atoms. The van der Waals surface area contributed by atoms with Gasteiger partial charge in [-0.2, -0.15) is 18.3 Å². The molecule has 39 heavy (non-hydrogen) atoms. The molecule has 2 heterocycles. The number of halogens is 5. The zero-order valence-electron chi connectivity index (χ0n) is 21.5. The monoisotopic (exact) mass is 569 g/mol. The number of aromatic nitrogens is 3. The van der Waals surface area contributed by atoms with Crippen molar-refractivity contribution in [1.29, 1.82) is 0 Å². The summed E-state index contributed by atoms with van der Waals surface area (Å²) in [5.41, 5.74) is -0.0108. The van der Waals surface area contributed by atoms with Gasteiger partial charge in [0.25, 0.3) is 5.91 Å². The van der Waals surface area contributed by atoms with Gasteiger partial charge in [-0.25, -0.2) is 4.39 Å². The van der Waals surface area contributed by atoms with Crippen molar-refractivity contribution in [3.05, 3.63) is 76.1 Å². The minimum Gasteiger partial charge on any atom is -0.377 e. The van der Waals surface area contributed by atoms with Crippen LogP contribution in [0.5, 0.6) is 0 Å². The van der Waals surface area contributed by atoms with E-state index < -0.39 is 29.8 Å². The molecule has 2 amide bonds. The molecular weight excluding hydrogens is 542 g/mol. The molecule has 3 aromatic rings. The van der Waals surface area contributed by atoms with Gasteiger partial charge >= 0.3 is 6.18 Å². The van der Waals surface area contributed by atoms with Crippen LogP contribution in [-0.4, -0.2) is 52.7 Å². The quantitative estimate of drug-likeness (QED) is 0.217. The number of nitrogens with one attached hydrogen (secondary N) is 1. The van der Waals surface area contributed by atoms with Crippen molar-refractivity contribution in [2.75, 3.05) is 26.0 Å². The van der Waals surface area contributed by atoms with Crippen LogP contribution in [0, 0.1) is 5.82 Å². The predicted octanol–water partition coefficient (Wildman–Crippen LogP) is 5.90. The number of amides is 2. The molecular formula is C26H28ClF4N5O3. The molecule has 0 aliphatic carbocycles. The molecule has 0 saturated carbocycles. The Labute approximate surface area is 227 Å². The van der Waals surface area contributed by atoms with E-state index in [1.165, 1.54) is 47.3 Å². The number of benzene rings is 1. The number of rotatable bonds is 12. The van der Waals surface area contributed by atoms with E-state index >= 15 is 0 Å². The van der Waals surface area contributed by atoms with Gasteiger partial charge in [-0.15, -0.1) is 0 Å². The standard InChI is InChI=1S/C26H28ClF4N5O3/c1-4-20(16-9-10-32-22(12-16)26(29,30)31)36-14-17(13-34-36)25(38)35(2)11-5-6-21(39-3)23-19(33-15-37)8-7-18(27)24(23)28/h7-10,12-15,20-21H,4-6,11H2,1-3H3,(H,33,37). The van der Waals surface area contributed by atoms with E-state index in [-0.39, 0.29) is 27.7 Å². The minimum absolute atomic E-state index is 0.111. The highest BCUT2D eigenvalue weighted by atomic mass is 35.5. The number of methoxy groups -OCH3 is 1. The highest BCUT2D eigenvalue weighted by Crippen LogP contribution is 2.35. The van der Waals surface area contributed by atoms with E-state index in [1.807, 2.05) is 0 Å². The Bertz CT molecular complexity index is 1300. The fraction of sp³-hybridized carbons (Fsp3) is 0.385. The Balaban J connectivity index is 1.68. The van der Waals surface area contributed by atoms with Crippen molar-refractivity contribution >= 4 is 29.6 Å². The Morgan fingerprint density at radius 1 is 1.31 bits per heavy atom. The lowest BCUT2D eigenvalue weighted by atomic mass is 10.0. The molecule has 2 aromatic heterocycles. The summed E-state index contributed by atoms with van der Waals surface area (Å²) in [6.07, 6.45) is 0.270. The Kier molecular flexibility index (Phi) is 10.0. The summed E-state index contributed by atoms with van der Waals surface area (Å²) in [6, 6.07) is 4.76. The topological polar surface area (TPSA) is 89.4 Å². The van der Waals surface area contributed by atoms with Gasteiger partial charge in [-0.3, -0.25) is 19.3 Å². The van der Waals surface area contributed by atoms with Crippen LogP contribution in [0.2, 0.25) is 5.02 Å². The van der Waals surface area contributed by atoms with Gasteiger partial charge < -0.3 is 15.0 Å². The summed E-state index contributed by atoms with van der Waals surface area (Å²) in [4.78, 5) is 28.8. The number of hydrogen-bond donors (Lipinski definition) is 1. The first-order valence-corrected chi connectivity index (χ1v) is 12.4. The second-order valence-electron chi connectivity index (χ2n) is 8.78. The van der Waals surface area contributed by atoms with Crippen LogP contribution in [0.1, 0.15) is 65.5 Å². The van der Waals surface area contributed by atoms with Crippen molar-refractivity contribution in [3.63, 3.8) is 0 Å². The first-order valence-electron chi connectivity index (χ1n) is 12.0. The summed E-state index contributed by atoms with van der Waals surface area (Å²) in [7, 11) is 3.00. The molecule has 0 bridgehead atoms. The van der Waals surface area contributed by atoms with Crippen molar-refractivity contribution in [1.82, 2.24) is 19.7 Å². The molecule has 2 unspecified atom stereocenters. The fourth-order valence-electron chi connectivity index (χ4n) is 4.29. The van der Waals surface area contributed by atoms with Crippen molar-refractivity contribution in [2.45, 2.75) is 44.5 Å². The summed E-state index contributed by atoms with van der Waals surface area (Å²) in [6.45, 7) is 2.09. The Hall–Kier alpha value is -3.51. The van der Waals surface area contributed by atoms with Crippen LogP contribution < -0.4 is 5.32 Å². The zero-order chi connectivity index (χ0) is 28.7. The van der Waals surface area contributed by atoms with Crippen LogP contribution in [0.4, 0.5) is 23.2 Å². The molecule has 2 atom stereocenters. The SMILES string of the molecule is CCC(c1ccnc(C(F)(F)F)c1)n1cc(C(=O)N(C)CCCC(OC)c2c(NC=O)ccc(Cl)c2F)cn1. The average Bonchev–Trinajstić information content (AvgIpc) is 3.39. The van der Waals surface area contributed by atoms with Gasteiger partial charge in [0.05, 0.1) is 28.9 Å². The summed E-state index contributed by atoms with van der Waals surface area (Å²) in [5.74, 6) is -1.04. The molecule has 0 aliphatic rings. The largest absolute Gasteiger partial charge is 0.433 e. The van der Waals surface area contributed by atoms with Crippen LogP contribution in [0.15, 0.2) is 42.9 Å². The maximum atomic E-state index is 14.8. The number of nitrogens with zero attached hydrogens (tertiary/aromatic N) is 4. The predicted molar refractivity (Wildman–Crippen MR) is 137 cm³/mol. The lowest BCUT2D eigenvalue weighted by molar-refractivity contribution is -0.141. The van der Waals surface area contributed by atoms with Crippen molar-refractivity contribution in [2.24, 2.45) is 0 Å². The molecule has 0 radical (unpaired) electrons. The third-order valence-corrected chi connectivity index (χ3v) is 6.57. The van der Waals surface area contributed by atoms with Gasteiger partial charge in [0.15, 0.2) is 0 Å². The number of anilines is 1. The van der Waals surface area contributed by atoms with E-state index in [2.05, 4.69) is 15.4 Å². The van der Waals surface area contributed by atoms with Gasteiger partial charge in [-0.1, -0.05) is 18.5 Å². The van der Waals surface area contributed by atoms with Crippen molar-refractivity contribution < 1.29 is 31.9 Å². The third kappa shape index (κ3) is 7.12. The summed E-state index contributed by atoms with van der Waals surface area (Å²) >= 11 is 5.92. The highest BCUT2D eigenvalue weighted by molar-refractivity contribution is 6.30. The number of ether oxygens (including phenoxy) is 1. The first kappa shape index (κ1) is 30.0. The van der Waals surface area contributed by atoms with Crippen LogP contribution in [0.25, 0.3) is 0 Å². The maximum absolute atomic E-state index is 14.8. The minimum atomic E-state index is -4.57. The lowest BCUT2D eigenvalue weighted by Gasteiger charge is -2.22. The Morgan fingerprint density at radius 3 is 2.69 bits per heavy atom. The van der Waals surface area contributed by atoms with Gasteiger partial charge in [0.1, 0.15) is 11.5 Å². The van der Waals surface area contributed by atoms with Gasteiger partial charge in [-0.05, 0) is 49.1 Å². The lowest BCUT2D eigenvalue weighted by Crippen LogP contribution is -2.28. The van der Waals surface area contributed by atoms with Crippen LogP contribution in [0.3, 0.4) is 0 Å². The molecule has 8 nitrogen and oxygen atoms in total. The number of alkyl halides is 3. The van der Waals surface area contributed by atoms with Gasteiger partial charge in [0, 0.05) is 44.3 Å². The van der Waals surface area contributed by atoms with E-state index in [0.717, 1.165) is 12.3 Å². The highest BCUT2D eigenvalue weighted by Gasteiger charge is 2.33. The molecule has 210 valence electrons. The second kappa shape index (κ2) is 13.0. The number of carbonyl (C=O) groups is 2. The molecule has 0 aliphatic heterocycles. The first-order chi connectivity index (χ1) is 18.5. The molecule has 0 fully saturated rings. The van der Waals surface area contributed by atoms with Gasteiger partial charge in [0.2, 0.25) is 6.41 Å². The molecule has 0 saturated heterocycles. The molecule has 3 rings (SSSR count). The van der Waals surface area contributed by atoms with E-state index in [0.29, 0.717) is 37.8 Å². The smallest absolute Gasteiger partial charge is 0.377 e. The second-order valence-corrected chi connectivity index (χ2v) is 9.19. The molecule has 13 heteroatoms.